The molecule has 2 aromatic rings. The Morgan fingerprint density at radius 1 is 1.07 bits per heavy atom. The van der Waals surface area contributed by atoms with Crippen LogP contribution in [0.1, 0.15) is 32.7 Å². The molecule has 0 unspecified atom stereocenters. The molecule has 0 saturated carbocycles. The smallest absolute Gasteiger partial charge is 0.261 e. The highest BCUT2D eigenvalue weighted by atomic mass is 16.5. The van der Waals surface area contributed by atoms with Crippen molar-refractivity contribution in [2.75, 3.05) is 26.9 Å². The van der Waals surface area contributed by atoms with Gasteiger partial charge in [0.25, 0.3) is 11.8 Å². The largest absolute Gasteiger partial charge is 0.475 e. The lowest BCUT2D eigenvalue weighted by molar-refractivity contribution is -0.121. The second-order valence-corrected chi connectivity index (χ2v) is 6.18. The highest BCUT2D eigenvalue weighted by Crippen LogP contribution is 2.22. The summed E-state index contributed by atoms with van der Waals surface area (Å²) in [6, 6.07) is 10.2. The molecule has 0 spiro atoms. The number of pyridine rings is 1. The summed E-state index contributed by atoms with van der Waals surface area (Å²) in [5, 5.41) is 2.76. The first kappa shape index (κ1) is 19.5. The van der Waals surface area contributed by atoms with Crippen LogP contribution in [0.25, 0.3) is 0 Å². The summed E-state index contributed by atoms with van der Waals surface area (Å²) in [5.74, 6) is -0.488. The maximum atomic E-state index is 12.3. The molecule has 1 N–H and O–H groups in total. The van der Waals surface area contributed by atoms with Crippen LogP contribution in [-0.4, -0.2) is 54.5 Å². The predicted molar refractivity (Wildman–Crippen MR) is 99.9 cm³/mol. The summed E-state index contributed by atoms with van der Waals surface area (Å²) in [7, 11) is 1.59. The Morgan fingerprint density at radius 2 is 1.79 bits per heavy atom. The fourth-order valence-corrected chi connectivity index (χ4v) is 2.78. The van der Waals surface area contributed by atoms with Crippen molar-refractivity contribution in [2.45, 2.75) is 13.0 Å². The molecule has 1 aliphatic rings. The average molecular weight is 383 g/mol. The van der Waals surface area contributed by atoms with Crippen LogP contribution in [0.3, 0.4) is 0 Å². The number of aromatic nitrogens is 1. The van der Waals surface area contributed by atoms with E-state index in [0.29, 0.717) is 36.8 Å². The van der Waals surface area contributed by atoms with E-state index in [2.05, 4.69) is 10.3 Å². The Kier molecular flexibility index (Phi) is 6.33. The highest BCUT2D eigenvalue weighted by Gasteiger charge is 2.34. The monoisotopic (exact) mass is 383 g/mol. The Bertz CT molecular complexity index is 831. The number of methoxy groups -OCH3 is 1. The molecule has 1 aliphatic heterocycles. The zero-order chi connectivity index (χ0) is 19.9. The molecule has 1 aromatic heterocycles. The lowest BCUT2D eigenvalue weighted by Gasteiger charge is -2.13. The lowest BCUT2D eigenvalue weighted by atomic mass is 10.1. The van der Waals surface area contributed by atoms with Crippen molar-refractivity contribution in [3.63, 3.8) is 0 Å². The third-order valence-electron chi connectivity index (χ3n) is 4.27. The van der Waals surface area contributed by atoms with Gasteiger partial charge in [-0.15, -0.1) is 0 Å². The molecule has 28 heavy (non-hydrogen) atoms. The van der Waals surface area contributed by atoms with Gasteiger partial charge in [0.2, 0.25) is 11.8 Å². The van der Waals surface area contributed by atoms with Gasteiger partial charge in [0.15, 0.2) is 0 Å². The number of benzene rings is 1. The summed E-state index contributed by atoms with van der Waals surface area (Å²) in [6.07, 6.45) is 1.66. The maximum Gasteiger partial charge on any atom is 0.261 e. The number of amides is 3. The highest BCUT2D eigenvalue weighted by molar-refractivity contribution is 6.21. The van der Waals surface area contributed by atoms with Gasteiger partial charge in [-0.1, -0.05) is 18.2 Å². The van der Waals surface area contributed by atoms with Gasteiger partial charge in [-0.2, -0.15) is 0 Å². The molecule has 2 heterocycles. The number of hydrogen-bond donors (Lipinski definition) is 1. The minimum Gasteiger partial charge on any atom is -0.475 e. The maximum absolute atomic E-state index is 12.3. The molecule has 0 atom stereocenters. The third-order valence-corrected chi connectivity index (χ3v) is 4.27. The molecular weight excluding hydrogens is 362 g/mol. The first-order valence-corrected chi connectivity index (χ1v) is 8.88. The Hall–Kier alpha value is -3.26. The topological polar surface area (TPSA) is 97.8 Å². The molecule has 8 heteroatoms. The van der Waals surface area contributed by atoms with E-state index in [9.17, 15) is 14.4 Å². The van der Waals surface area contributed by atoms with Crippen molar-refractivity contribution in [1.29, 1.82) is 0 Å². The first-order valence-electron chi connectivity index (χ1n) is 8.88. The quantitative estimate of drug-likeness (QED) is 0.519. The Labute approximate surface area is 162 Å². The molecule has 1 aromatic carbocycles. The standard InChI is InChI=1S/C20H21N3O5/c1-27-10-11-28-18-7-6-14(13-22-18)12-21-17(24)8-9-23-19(25)15-4-2-3-5-16(15)20(23)26/h2-7,13H,8-12H2,1H3,(H,21,24). The Morgan fingerprint density at radius 3 is 2.39 bits per heavy atom. The van der Waals surface area contributed by atoms with Crippen molar-refractivity contribution >= 4 is 17.7 Å². The van der Waals surface area contributed by atoms with Crippen molar-refractivity contribution in [1.82, 2.24) is 15.2 Å². The van der Waals surface area contributed by atoms with Gasteiger partial charge in [0, 0.05) is 38.9 Å². The van der Waals surface area contributed by atoms with Gasteiger partial charge in [-0.25, -0.2) is 4.98 Å². The zero-order valence-electron chi connectivity index (χ0n) is 15.5. The molecular formula is C20H21N3O5. The number of carbonyl (C=O) groups is 3. The van der Waals surface area contributed by atoms with E-state index < -0.39 is 0 Å². The molecule has 0 aliphatic carbocycles. The van der Waals surface area contributed by atoms with Crippen molar-refractivity contribution in [3.05, 3.63) is 59.3 Å². The minimum atomic E-state index is -0.360. The van der Waals surface area contributed by atoms with Crippen LogP contribution in [0.4, 0.5) is 0 Å². The van der Waals surface area contributed by atoms with Gasteiger partial charge < -0.3 is 14.8 Å². The molecule has 146 valence electrons. The predicted octanol–water partition coefficient (Wildman–Crippen LogP) is 1.41. The number of nitrogens with one attached hydrogen (secondary N) is 1. The molecule has 0 saturated heterocycles. The van der Waals surface area contributed by atoms with E-state index in [1.165, 1.54) is 0 Å². The van der Waals surface area contributed by atoms with Gasteiger partial charge in [-0.3, -0.25) is 19.3 Å². The van der Waals surface area contributed by atoms with Gasteiger partial charge in [0.1, 0.15) is 6.61 Å². The number of hydrogen-bond acceptors (Lipinski definition) is 6. The van der Waals surface area contributed by atoms with Crippen molar-refractivity contribution < 1.29 is 23.9 Å². The normalized spacial score (nSPS) is 12.8. The lowest BCUT2D eigenvalue weighted by Crippen LogP contribution is -2.34. The first-order chi connectivity index (χ1) is 13.6. The van der Waals surface area contributed by atoms with Crippen LogP contribution in [-0.2, 0) is 16.1 Å². The summed E-state index contributed by atoms with van der Waals surface area (Å²) < 4.78 is 10.3. The van der Waals surface area contributed by atoms with Crippen LogP contribution >= 0.6 is 0 Å². The van der Waals surface area contributed by atoms with Crippen LogP contribution < -0.4 is 10.1 Å². The molecule has 8 nitrogen and oxygen atoms in total. The fraction of sp³-hybridized carbons (Fsp3) is 0.300. The van der Waals surface area contributed by atoms with Crippen LogP contribution in [0.15, 0.2) is 42.6 Å². The van der Waals surface area contributed by atoms with E-state index in [0.717, 1.165) is 10.5 Å². The van der Waals surface area contributed by atoms with E-state index >= 15 is 0 Å². The number of imide groups is 1. The molecule has 0 radical (unpaired) electrons. The summed E-state index contributed by atoms with van der Waals surface area (Å²) in [4.78, 5) is 41.9. The number of fused-ring (bicyclic) bond motifs is 1. The van der Waals surface area contributed by atoms with E-state index in [-0.39, 0.29) is 30.7 Å². The second-order valence-electron chi connectivity index (χ2n) is 6.18. The third kappa shape index (κ3) is 4.52. The number of carbonyl (C=O) groups excluding carboxylic acids is 3. The minimum absolute atomic E-state index is 0.0388. The van der Waals surface area contributed by atoms with Crippen LogP contribution in [0, 0.1) is 0 Å². The van der Waals surface area contributed by atoms with Crippen LogP contribution in [0.2, 0.25) is 0 Å². The molecule has 3 amide bonds. The summed E-state index contributed by atoms with van der Waals surface area (Å²) >= 11 is 0. The van der Waals surface area contributed by atoms with Gasteiger partial charge in [0.05, 0.1) is 17.7 Å². The number of rotatable bonds is 9. The van der Waals surface area contributed by atoms with Gasteiger partial charge in [-0.05, 0) is 17.7 Å². The summed E-state index contributed by atoms with van der Waals surface area (Å²) in [5.41, 5.74) is 1.58. The zero-order valence-corrected chi connectivity index (χ0v) is 15.5. The molecule has 0 fully saturated rings. The van der Waals surface area contributed by atoms with Crippen molar-refractivity contribution in [3.8, 4) is 5.88 Å². The van der Waals surface area contributed by atoms with Gasteiger partial charge >= 0.3 is 0 Å². The van der Waals surface area contributed by atoms with E-state index in [4.69, 9.17) is 9.47 Å². The average Bonchev–Trinajstić information content (AvgIpc) is 2.96. The van der Waals surface area contributed by atoms with E-state index in [1.54, 1.807) is 49.7 Å². The second kappa shape index (κ2) is 9.09. The summed E-state index contributed by atoms with van der Waals surface area (Å²) in [6.45, 7) is 1.24. The SMILES string of the molecule is COCCOc1ccc(CNC(=O)CCN2C(=O)c3ccccc3C2=O)cn1. The fourth-order valence-electron chi connectivity index (χ4n) is 2.78. The molecule has 3 rings (SSSR count). The number of nitrogens with zero attached hydrogens (tertiary/aromatic N) is 2. The van der Waals surface area contributed by atoms with E-state index in [1.807, 2.05) is 0 Å². The van der Waals surface area contributed by atoms with Crippen LogP contribution in [0.5, 0.6) is 5.88 Å². The van der Waals surface area contributed by atoms with Crippen molar-refractivity contribution in [2.24, 2.45) is 0 Å². The Balaban J connectivity index is 1.44. The molecule has 0 bridgehead atoms. The number of ether oxygens (including phenoxy) is 2.